The van der Waals surface area contributed by atoms with Gasteiger partial charge in [0, 0.05) is 46.3 Å². The molecule has 4 rings (SSSR count). The zero-order valence-corrected chi connectivity index (χ0v) is 18.7. The molecule has 0 spiro atoms. The van der Waals surface area contributed by atoms with Crippen LogP contribution in [0.4, 0.5) is 0 Å². The molecule has 1 aliphatic rings. The molecule has 0 fully saturated rings. The summed E-state index contributed by atoms with van der Waals surface area (Å²) in [6.45, 7) is 3.81. The van der Waals surface area contributed by atoms with Gasteiger partial charge >= 0.3 is 0 Å². The van der Waals surface area contributed by atoms with Crippen molar-refractivity contribution in [3.05, 3.63) is 75.9 Å². The van der Waals surface area contributed by atoms with Crippen molar-refractivity contribution in [1.82, 2.24) is 10.3 Å². The highest BCUT2D eigenvalue weighted by Gasteiger charge is 2.26. The van der Waals surface area contributed by atoms with Gasteiger partial charge in [0.2, 0.25) is 5.91 Å². The van der Waals surface area contributed by atoms with E-state index in [-0.39, 0.29) is 17.8 Å². The van der Waals surface area contributed by atoms with E-state index in [1.54, 1.807) is 25.4 Å². The van der Waals surface area contributed by atoms with Crippen LogP contribution in [0.3, 0.4) is 0 Å². The van der Waals surface area contributed by atoms with Crippen molar-refractivity contribution >= 4 is 40.2 Å². The van der Waals surface area contributed by atoms with E-state index in [9.17, 15) is 9.59 Å². The van der Waals surface area contributed by atoms with E-state index in [0.29, 0.717) is 29.3 Å². The maximum absolute atomic E-state index is 12.3. The third kappa shape index (κ3) is 4.86. The van der Waals surface area contributed by atoms with Gasteiger partial charge in [0.05, 0.1) is 11.6 Å². The number of nitrogens with zero attached hydrogens (tertiary/aromatic N) is 1. The Labute approximate surface area is 189 Å². The van der Waals surface area contributed by atoms with Gasteiger partial charge in [-0.15, -0.1) is 11.3 Å². The minimum atomic E-state index is -0.185. The summed E-state index contributed by atoms with van der Waals surface area (Å²) in [4.78, 5) is 28.9. The fraction of sp³-hybridized carbons (Fsp3) is 0.208. The van der Waals surface area contributed by atoms with Gasteiger partial charge in [0.1, 0.15) is 11.9 Å². The highest BCUT2D eigenvalue weighted by Crippen LogP contribution is 2.40. The number of nitrogens with one attached hydrogen (secondary N) is 1. The maximum Gasteiger partial charge on any atom is 0.244 e. The van der Waals surface area contributed by atoms with Crippen molar-refractivity contribution in [1.29, 1.82) is 0 Å². The molecule has 7 heteroatoms. The number of hydrogen-bond donors (Lipinski definition) is 1. The van der Waals surface area contributed by atoms with Crippen molar-refractivity contribution < 1.29 is 14.3 Å². The van der Waals surface area contributed by atoms with Crippen molar-refractivity contribution in [3.63, 3.8) is 0 Å². The molecule has 1 unspecified atom stereocenters. The first kappa shape index (κ1) is 21.3. The van der Waals surface area contributed by atoms with Gasteiger partial charge in [0.25, 0.3) is 0 Å². The van der Waals surface area contributed by atoms with Crippen LogP contribution in [0.25, 0.3) is 16.0 Å². The quantitative estimate of drug-likeness (QED) is 0.413. The van der Waals surface area contributed by atoms with E-state index in [4.69, 9.17) is 16.3 Å². The van der Waals surface area contributed by atoms with Crippen molar-refractivity contribution in [2.75, 3.05) is 6.54 Å². The Balaban J connectivity index is 1.41. The number of carbonyl (C=O) groups is 2. The summed E-state index contributed by atoms with van der Waals surface area (Å²) in [5.74, 6) is 0.528. The third-order valence-electron chi connectivity index (χ3n) is 5.11. The predicted molar refractivity (Wildman–Crippen MR) is 124 cm³/mol. The van der Waals surface area contributed by atoms with Gasteiger partial charge in [0.15, 0.2) is 5.78 Å². The Hall–Kier alpha value is -2.96. The first-order chi connectivity index (χ1) is 14.9. The van der Waals surface area contributed by atoms with Gasteiger partial charge in [-0.25, -0.2) is 0 Å². The number of ketones is 1. The minimum Gasteiger partial charge on any atom is -0.486 e. The van der Waals surface area contributed by atoms with E-state index in [1.165, 1.54) is 11.3 Å². The SMILES string of the molecule is CC(=O)c1csc(-c2cc(Cl)c3c(c2)CC(CNC(=O)/C=C(\C)c2cccnc2)O3)c1. The molecule has 5 nitrogen and oxygen atoms in total. The number of allylic oxidation sites excluding steroid dienone is 1. The summed E-state index contributed by atoms with van der Waals surface area (Å²) < 4.78 is 5.98. The topological polar surface area (TPSA) is 68.3 Å². The largest absolute Gasteiger partial charge is 0.486 e. The smallest absolute Gasteiger partial charge is 0.244 e. The van der Waals surface area contributed by atoms with Crippen LogP contribution in [-0.2, 0) is 11.2 Å². The number of aromatic nitrogens is 1. The number of hydrogen-bond acceptors (Lipinski definition) is 5. The number of fused-ring (bicyclic) bond motifs is 1. The monoisotopic (exact) mass is 452 g/mol. The average Bonchev–Trinajstić information content (AvgIpc) is 3.40. The molecule has 1 atom stereocenters. The van der Waals surface area contributed by atoms with E-state index >= 15 is 0 Å². The van der Waals surface area contributed by atoms with Gasteiger partial charge in [-0.1, -0.05) is 17.7 Å². The summed E-state index contributed by atoms with van der Waals surface area (Å²) in [6, 6.07) is 9.54. The lowest BCUT2D eigenvalue weighted by molar-refractivity contribution is -0.116. The molecule has 0 bridgehead atoms. The van der Waals surface area contributed by atoms with Crippen molar-refractivity contribution in [2.45, 2.75) is 26.4 Å². The zero-order chi connectivity index (χ0) is 22.0. The van der Waals surface area contributed by atoms with Crippen molar-refractivity contribution in [2.24, 2.45) is 0 Å². The van der Waals surface area contributed by atoms with E-state index in [0.717, 1.165) is 27.1 Å². The molecule has 1 aliphatic heterocycles. The number of carbonyl (C=O) groups excluding carboxylic acids is 2. The number of pyridine rings is 1. The highest BCUT2D eigenvalue weighted by molar-refractivity contribution is 7.13. The summed E-state index contributed by atoms with van der Waals surface area (Å²) in [5.41, 5.74) is 4.41. The molecule has 1 amide bonds. The van der Waals surface area contributed by atoms with Crippen molar-refractivity contribution in [3.8, 4) is 16.2 Å². The molecular weight excluding hydrogens is 432 g/mol. The molecule has 0 saturated carbocycles. The number of Topliss-reactive ketones (excluding diaryl/α,β-unsaturated/α-hetero) is 1. The molecule has 3 aromatic rings. The van der Waals surface area contributed by atoms with E-state index < -0.39 is 0 Å². The van der Waals surface area contributed by atoms with E-state index in [1.807, 2.05) is 42.6 Å². The van der Waals surface area contributed by atoms with Crippen LogP contribution in [0.1, 0.15) is 35.3 Å². The number of halogens is 1. The molecule has 31 heavy (non-hydrogen) atoms. The summed E-state index contributed by atoms with van der Waals surface area (Å²) in [7, 11) is 0. The van der Waals surface area contributed by atoms with Crippen LogP contribution < -0.4 is 10.1 Å². The number of thiophene rings is 1. The lowest BCUT2D eigenvalue weighted by Gasteiger charge is -2.11. The Morgan fingerprint density at radius 2 is 2.13 bits per heavy atom. The highest BCUT2D eigenvalue weighted by atomic mass is 35.5. The molecule has 2 aromatic heterocycles. The first-order valence-corrected chi connectivity index (χ1v) is 11.1. The zero-order valence-electron chi connectivity index (χ0n) is 17.1. The maximum atomic E-state index is 12.3. The second-order valence-corrected chi connectivity index (χ2v) is 8.78. The lowest BCUT2D eigenvalue weighted by Crippen LogP contribution is -2.33. The molecule has 1 aromatic carbocycles. The molecule has 0 saturated heterocycles. The number of benzene rings is 1. The number of rotatable bonds is 6. The Morgan fingerprint density at radius 1 is 1.29 bits per heavy atom. The molecule has 0 radical (unpaired) electrons. The molecule has 158 valence electrons. The van der Waals surface area contributed by atoms with Gasteiger partial charge in [-0.2, -0.15) is 0 Å². The van der Waals surface area contributed by atoms with Crippen LogP contribution in [-0.4, -0.2) is 29.3 Å². The molecule has 1 N–H and O–H groups in total. The van der Waals surface area contributed by atoms with Gasteiger partial charge in [-0.05, 0) is 54.8 Å². The van der Waals surface area contributed by atoms with Crippen LogP contribution in [0.2, 0.25) is 5.02 Å². The van der Waals surface area contributed by atoms with Crippen LogP contribution in [0.5, 0.6) is 5.75 Å². The average molecular weight is 453 g/mol. The molecular formula is C24H21ClN2O3S. The van der Waals surface area contributed by atoms with Crippen LogP contribution in [0, 0.1) is 0 Å². The predicted octanol–water partition coefficient (Wildman–Crippen LogP) is 5.19. The summed E-state index contributed by atoms with van der Waals surface area (Å²) in [5, 5.41) is 5.29. The minimum absolute atomic E-state index is 0.0432. The number of amides is 1. The first-order valence-electron chi connectivity index (χ1n) is 9.86. The normalized spacial score (nSPS) is 15.3. The van der Waals surface area contributed by atoms with E-state index in [2.05, 4.69) is 10.3 Å². The summed E-state index contributed by atoms with van der Waals surface area (Å²) in [6.07, 6.45) is 5.45. The standard InChI is InChI=1S/C24H21ClN2O3S/c1-14(16-4-3-5-26-11-16)6-23(29)27-12-20-8-18-7-17(9-21(25)24(18)30-20)22-10-19(13-31-22)15(2)28/h3-7,9-11,13,20H,8,12H2,1-2H3,(H,27,29)/b14-6+. The van der Waals surface area contributed by atoms with Crippen LogP contribution >= 0.6 is 22.9 Å². The van der Waals surface area contributed by atoms with Gasteiger partial charge in [-0.3, -0.25) is 14.6 Å². The fourth-order valence-corrected chi connectivity index (χ4v) is 4.68. The Kier molecular flexibility index (Phi) is 6.20. The Bertz CT molecular complexity index is 1170. The van der Waals surface area contributed by atoms with Gasteiger partial charge < -0.3 is 10.1 Å². The number of ether oxygens (including phenoxy) is 1. The fourth-order valence-electron chi connectivity index (χ4n) is 3.46. The van der Waals surface area contributed by atoms with Crippen LogP contribution in [0.15, 0.2) is 54.2 Å². The molecule has 0 aliphatic carbocycles. The Morgan fingerprint density at radius 3 is 2.84 bits per heavy atom. The second-order valence-electron chi connectivity index (χ2n) is 7.46. The summed E-state index contributed by atoms with van der Waals surface area (Å²) >= 11 is 7.98. The second kappa shape index (κ2) is 9.04. The molecule has 3 heterocycles. The third-order valence-corrected chi connectivity index (χ3v) is 6.37. The lowest BCUT2D eigenvalue weighted by atomic mass is 10.0.